The van der Waals surface area contributed by atoms with Crippen LogP contribution in [0.25, 0.3) is 0 Å². The Hall–Kier alpha value is 0. The Kier molecular flexibility index (Phi) is 11.2. The largest absolute Gasteiger partial charge is 0.0622 e. The summed E-state index contributed by atoms with van der Waals surface area (Å²) in [4.78, 5) is 0. The molecule has 0 heterocycles. The van der Waals surface area contributed by atoms with E-state index >= 15 is 0 Å². The summed E-state index contributed by atoms with van der Waals surface area (Å²) in [5, 5.41) is 0. The van der Waals surface area contributed by atoms with Crippen molar-refractivity contribution in [3.63, 3.8) is 0 Å². The van der Waals surface area contributed by atoms with Gasteiger partial charge in [0.15, 0.2) is 0 Å². The molecule has 0 amide bonds. The van der Waals surface area contributed by atoms with E-state index in [4.69, 9.17) is 0 Å². The first-order chi connectivity index (χ1) is 24.4. The van der Waals surface area contributed by atoms with Gasteiger partial charge in [0, 0.05) is 0 Å². The van der Waals surface area contributed by atoms with Crippen molar-refractivity contribution >= 4 is 0 Å². The molecule has 0 heteroatoms. The van der Waals surface area contributed by atoms with Gasteiger partial charge in [0.1, 0.15) is 0 Å². The zero-order valence-corrected chi connectivity index (χ0v) is 38.1. The molecule has 0 bridgehead atoms. The molecule has 0 aliphatic heterocycles. The summed E-state index contributed by atoms with van der Waals surface area (Å²) >= 11 is 0. The van der Waals surface area contributed by atoms with Gasteiger partial charge in [-0.25, -0.2) is 0 Å². The molecule has 8 aliphatic carbocycles. The Labute approximate surface area is 326 Å². The van der Waals surface area contributed by atoms with Crippen LogP contribution in [0.2, 0.25) is 0 Å². The maximum absolute atomic E-state index is 2.65. The third-order valence-electron chi connectivity index (χ3n) is 23.5. The first-order valence-electron chi connectivity index (χ1n) is 24.4. The summed E-state index contributed by atoms with van der Waals surface area (Å²) in [5.74, 6) is 28.8. The predicted molar refractivity (Wildman–Crippen MR) is 225 cm³/mol. The molecule has 0 aromatic heterocycles. The van der Waals surface area contributed by atoms with Crippen molar-refractivity contribution in [3.05, 3.63) is 0 Å². The van der Waals surface area contributed by atoms with Crippen molar-refractivity contribution in [3.8, 4) is 0 Å². The normalized spacial score (nSPS) is 65.2. The summed E-state index contributed by atoms with van der Waals surface area (Å²) in [7, 11) is 0. The molecule has 52 heavy (non-hydrogen) atoms. The zero-order chi connectivity index (χ0) is 38.1. The molecule has 300 valence electrons. The third kappa shape index (κ3) is 5.63. The van der Waals surface area contributed by atoms with E-state index in [9.17, 15) is 0 Å². The molecule has 8 saturated carbocycles. The second kappa shape index (κ2) is 14.4. The average Bonchev–Trinajstić information content (AvgIpc) is 3.70. The van der Waals surface area contributed by atoms with Crippen LogP contribution in [0.15, 0.2) is 0 Å². The number of hydrogen-bond acceptors (Lipinski definition) is 0. The van der Waals surface area contributed by atoms with Crippen molar-refractivity contribution in [1.82, 2.24) is 0 Å². The van der Waals surface area contributed by atoms with Gasteiger partial charge in [-0.05, 0) is 190 Å². The van der Waals surface area contributed by atoms with Gasteiger partial charge < -0.3 is 0 Å². The van der Waals surface area contributed by atoms with Crippen LogP contribution in [0.1, 0.15) is 150 Å². The smallest absolute Gasteiger partial charge is 0.0315 e. The Morgan fingerprint density at radius 2 is 0.404 bits per heavy atom. The van der Waals surface area contributed by atoms with Crippen molar-refractivity contribution in [2.24, 2.45) is 178 Å². The second-order valence-corrected chi connectivity index (χ2v) is 24.0. The molecular weight excluding hydrogens is 625 g/mol. The summed E-state index contributed by atoms with van der Waals surface area (Å²) in [6.45, 7) is 47.1. The van der Waals surface area contributed by atoms with E-state index in [0.29, 0.717) is 0 Å². The van der Waals surface area contributed by atoms with Gasteiger partial charge in [-0.1, -0.05) is 137 Å². The summed E-state index contributed by atoms with van der Waals surface area (Å²) in [5.41, 5.74) is 0. The quantitative estimate of drug-likeness (QED) is 0.234. The lowest BCUT2D eigenvalue weighted by Crippen LogP contribution is -2.61. The highest BCUT2D eigenvalue weighted by Gasteiger charge is 2.65. The maximum Gasteiger partial charge on any atom is -0.0315 e. The van der Waals surface area contributed by atoms with Crippen LogP contribution in [-0.4, -0.2) is 0 Å². The van der Waals surface area contributed by atoms with Gasteiger partial charge in [0.05, 0.1) is 0 Å². The van der Waals surface area contributed by atoms with Crippen LogP contribution >= 0.6 is 0 Å². The lowest BCUT2D eigenvalue weighted by molar-refractivity contribution is -0.180. The highest BCUT2D eigenvalue weighted by molar-refractivity contribution is 5.12. The topological polar surface area (TPSA) is 0 Å². The van der Waals surface area contributed by atoms with Gasteiger partial charge in [-0.15, -0.1) is 0 Å². The maximum atomic E-state index is 2.65. The number of fused-ring (bicyclic) bond motifs is 11. The molecule has 0 N–H and O–H groups in total. The fourth-order valence-electron chi connectivity index (χ4n) is 19.4. The highest BCUT2D eigenvalue weighted by atomic mass is 14.7. The van der Waals surface area contributed by atoms with Crippen LogP contribution in [-0.2, 0) is 0 Å². The molecule has 30 unspecified atom stereocenters. The first kappa shape index (κ1) is 40.2. The molecule has 0 radical (unpaired) electrons. The molecule has 0 aromatic carbocycles. The molecule has 0 saturated heterocycles. The van der Waals surface area contributed by atoms with E-state index < -0.39 is 0 Å². The third-order valence-corrected chi connectivity index (χ3v) is 23.5. The van der Waals surface area contributed by atoms with E-state index in [1.807, 2.05) is 0 Å². The van der Waals surface area contributed by atoms with Gasteiger partial charge in [-0.3, -0.25) is 0 Å². The van der Waals surface area contributed by atoms with Crippen LogP contribution in [0.3, 0.4) is 0 Å². The number of rotatable bonds is 0. The van der Waals surface area contributed by atoms with Crippen molar-refractivity contribution < 1.29 is 0 Å². The van der Waals surface area contributed by atoms with Crippen molar-refractivity contribution in [2.75, 3.05) is 0 Å². The first-order valence-corrected chi connectivity index (χ1v) is 24.4. The summed E-state index contributed by atoms with van der Waals surface area (Å²) < 4.78 is 0. The summed E-state index contributed by atoms with van der Waals surface area (Å²) in [6.07, 6.45) is 6.10. The molecule has 0 spiro atoms. The Morgan fingerprint density at radius 3 is 0.827 bits per heavy atom. The fourth-order valence-corrected chi connectivity index (χ4v) is 19.4. The predicted octanol–water partition coefficient (Wildman–Crippen LogP) is 14.5. The minimum atomic E-state index is 0.899. The van der Waals surface area contributed by atoms with Crippen LogP contribution in [0.4, 0.5) is 0 Å². The van der Waals surface area contributed by atoms with E-state index in [1.165, 1.54) is 12.8 Å². The molecular formula is C52H92. The Balaban J connectivity index is 0.000000162. The highest BCUT2D eigenvalue weighted by Crippen LogP contribution is 2.70. The minimum absolute atomic E-state index is 0.899. The monoisotopic (exact) mass is 717 g/mol. The lowest BCUT2D eigenvalue weighted by Gasteiger charge is -2.65. The van der Waals surface area contributed by atoms with E-state index in [1.54, 1.807) is 12.8 Å². The molecule has 0 nitrogen and oxygen atoms in total. The lowest BCUT2D eigenvalue weighted by atomic mass is 9.39. The van der Waals surface area contributed by atoms with E-state index in [-0.39, 0.29) is 0 Å². The van der Waals surface area contributed by atoms with Crippen LogP contribution in [0.5, 0.6) is 0 Å². The van der Waals surface area contributed by atoms with Crippen molar-refractivity contribution in [1.29, 1.82) is 0 Å². The standard InChI is InChI=1S/2C26H46/c1-12-10-11-21-22(12)24-18(7)15(4)16(5)20(9)26(24)25-19(8)14(3)13(2)17(6)23(21)25;1-12-10-11-21-22(12)17(6)18(7)24-20(9)19(8)23-15(4)13(2)14(3)16(5)25(23)26(21)24/h2*12-26H,10-11H2,1-9H3. The van der Waals surface area contributed by atoms with Crippen molar-refractivity contribution in [2.45, 2.75) is 150 Å². The SMILES string of the molecule is CC1CCC2C1C(C)C(C)C1C(C)C(C)C3C(C)C(C)C(C)C(C)C3C21.CC1CCC2C1C1C(C)C(C)C(C)C(C)C1C1C(C)C(C)C(C)C(C)C21. The van der Waals surface area contributed by atoms with Gasteiger partial charge >= 0.3 is 0 Å². The summed E-state index contributed by atoms with van der Waals surface area (Å²) in [6, 6.07) is 0. The molecule has 0 aromatic rings. The van der Waals surface area contributed by atoms with Gasteiger partial charge in [0.2, 0.25) is 0 Å². The van der Waals surface area contributed by atoms with E-state index in [2.05, 4.69) is 125 Å². The average molecular weight is 717 g/mol. The van der Waals surface area contributed by atoms with Crippen LogP contribution in [0, 0.1) is 178 Å². The number of hydrogen-bond donors (Lipinski definition) is 0. The zero-order valence-electron chi connectivity index (χ0n) is 38.1. The van der Waals surface area contributed by atoms with Gasteiger partial charge in [-0.2, -0.15) is 0 Å². The molecule has 8 rings (SSSR count). The second-order valence-electron chi connectivity index (χ2n) is 24.0. The molecule has 8 aliphatic rings. The fraction of sp³-hybridized carbons (Fsp3) is 1.00. The van der Waals surface area contributed by atoms with E-state index in [0.717, 1.165) is 178 Å². The Morgan fingerprint density at radius 1 is 0.173 bits per heavy atom. The molecule has 8 fully saturated rings. The van der Waals surface area contributed by atoms with Gasteiger partial charge in [0.25, 0.3) is 0 Å². The minimum Gasteiger partial charge on any atom is -0.0622 e. The Bertz CT molecular complexity index is 1220. The van der Waals surface area contributed by atoms with Crippen LogP contribution < -0.4 is 0 Å². The molecule has 30 atom stereocenters.